The van der Waals surface area contributed by atoms with Gasteiger partial charge < -0.3 is 14.6 Å². The molecule has 0 amide bonds. The van der Waals surface area contributed by atoms with Crippen molar-refractivity contribution in [1.29, 1.82) is 5.26 Å². The molecule has 2 N–H and O–H groups in total. The number of hydrogen-bond acceptors (Lipinski definition) is 6. The predicted octanol–water partition coefficient (Wildman–Crippen LogP) is -0.636. The Hall–Kier alpha value is -1.50. The van der Waals surface area contributed by atoms with Crippen LogP contribution in [0.5, 0.6) is 0 Å². The summed E-state index contributed by atoms with van der Waals surface area (Å²) in [5.41, 5.74) is 0.0767. The van der Waals surface area contributed by atoms with Gasteiger partial charge in [-0.1, -0.05) is 12.1 Å². The molecule has 2 aliphatic rings. The van der Waals surface area contributed by atoms with Gasteiger partial charge in [-0.3, -0.25) is 0 Å². The number of hydrogen-bond donors (Lipinski definition) is 2. The molecule has 1 aromatic rings. The molecule has 2 saturated heterocycles. The van der Waals surface area contributed by atoms with Gasteiger partial charge in [-0.25, -0.2) is 13.1 Å². The number of benzene rings is 1. The van der Waals surface area contributed by atoms with Gasteiger partial charge >= 0.3 is 0 Å². The molecule has 1 aromatic carbocycles. The SMILES string of the molecule is N#Cc1ccccc1S(=O)(=O)N[C@H]1CO[C@H]2[C@@H]1OC[C@H]2O. The third-order valence-electron chi connectivity index (χ3n) is 3.63. The third-order valence-corrected chi connectivity index (χ3v) is 5.18. The average Bonchev–Trinajstić information content (AvgIpc) is 3.03. The van der Waals surface area contributed by atoms with Crippen LogP contribution in [0.1, 0.15) is 5.56 Å². The number of nitrogens with one attached hydrogen (secondary N) is 1. The Morgan fingerprint density at radius 1 is 1.24 bits per heavy atom. The van der Waals surface area contributed by atoms with E-state index in [1.807, 2.05) is 6.07 Å². The van der Waals surface area contributed by atoms with Gasteiger partial charge in [-0.2, -0.15) is 5.26 Å². The van der Waals surface area contributed by atoms with E-state index in [9.17, 15) is 13.5 Å². The molecule has 0 radical (unpaired) electrons. The van der Waals surface area contributed by atoms with Crippen LogP contribution in [0.25, 0.3) is 0 Å². The van der Waals surface area contributed by atoms with Gasteiger partial charge in [0.2, 0.25) is 10.0 Å². The van der Waals surface area contributed by atoms with E-state index in [4.69, 9.17) is 14.7 Å². The molecular formula is C13H14N2O5S. The molecule has 7 nitrogen and oxygen atoms in total. The molecule has 4 atom stereocenters. The van der Waals surface area contributed by atoms with Crippen LogP contribution in [-0.4, -0.2) is 51.1 Å². The number of ether oxygens (including phenoxy) is 2. The highest BCUT2D eigenvalue weighted by atomic mass is 32.2. The molecule has 8 heteroatoms. The molecule has 2 aliphatic heterocycles. The highest BCUT2D eigenvalue weighted by Gasteiger charge is 2.48. The molecule has 0 saturated carbocycles. The second-order valence-corrected chi connectivity index (χ2v) is 6.68. The summed E-state index contributed by atoms with van der Waals surface area (Å²) < 4.78 is 38.0. The van der Waals surface area contributed by atoms with Crippen LogP contribution in [0.3, 0.4) is 0 Å². The van der Waals surface area contributed by atoms with Crippen LogP contribution < -0.4 is 4.72 Å². The van der Waals surface area contributed by atoms with Crippen molar-refractivity contribution in [2.24, 2.45) is 0 Å². The van der Waals surface area contributed by atoms with Crippen LogP contribution in [0, 0.1) is 11.3 Å². The summed E-state index contributed by atoms with van der Waals surface area (Å²) in [7, 11) is -3.86. The van der Waals surface area contributed by atoms with Gasteiger partial charge in [0.15, 0.2) is 0 Å². The molecule has 2 heterocycles. The van der Waals surface area contributed by atoms with E-state index < -0.39 is 34.4 Å². The number of fused-ring (bicyclic) bond motifs is 1. The first-order valence-corrected chi connectivity index (χ1v) is 7.94. The van der Waals surface area contributed by atoms with Crippen molar-refractivity contribution >= 4 is 10.0 Å². The standard InChI is InChI=1S/C13H14N2O5S/c14-5-8-3-1-2-4-11(8)21(17,18)15-9-6-19-13-10(16)7-20-12(9)13/h1-4,9-10,12-13,15-16H,6-7H2/t9-,10+,12+,13+/m0/s1. The minimum atomic E-state index is -3.86. The van der Waals surface area contributed by atoms with Gasteiger partial charge in [0.1, 0.15) is 24.4 Å². The van der Waals surface area contributed by atoms with Crippen molar-refractivity contribution in [3.05, 3.63) is 29.8 Å². The molecule has 0 unspecified atom stereocenters. The highest BCUT2D eigenvalue weighted by Crippen LogP contribution is 2.28. The number of rotatable bonds is 3. The lowest BCUT2D eigenvalue weighted by molar-refractivity contribution is 0.0181. The monoisotopic (exact) mass is 310 g/mol. The predicted molar refractivity (Wildman–Crippen MR) is 70.8 cm³/mol. The largest absolute Gasteiger partial charge is 0.388 e. The lowest BCUT2D eigenvalue weighted by atomic mass is 10.1. The van der Waals surface area contributed by atoms with Gasteiger partial charge in [-0.05, 0) is 12.1 Å². The summed E-state index contributed by atoms with van der Waals surface area (Å²) in [5.74, 6) is 0. The fraction of sp³-hybridized carbons (Fsp3) is 0.462. The molecule has 0 aliphatic carbocycles. The number of aliphatic hydroxyl groups is 1. The van der Waals surface area contributed by atoms with Gasteiger partial charge in [-0.15, -0.1) is 0 Å². The maximum absolute atomic E-state index is 12.4. The average molecular weight is 310 g/mol. The Balaban J connectivity index is 1.83. The zero-order valence-electron chi connectivity index (χ0n) is 11.0. The molecule has 0 aromatic heterocycles. The highest BCUT2D eigenvalue weighted by molar-refractivity contribution is 7.89. The summed E-state index contributed by atoms with van der Waals surface area (Å²) in [5, 5.41) is 18.6. The lowest BCUT2D eigenvalue weighted by Crippen LogP contribution is -2.44. The van der Waals surface area contributed by atoms with E-state index in [1.54, 1.807) is 12.1 Å². The van der Waals surface area contributed by atoms with E-state index in [1.165, 1.54) is 12.1 Å². The molecule has 3 rings (SSSR count). The first-order valence-electron chi connectivity index (χ1n) is 6.45. The van der Waals surface area contributed by atoms with Crippen LogP contribution in [-0.2, 0) is 19.5 Å². The van der Waals surface area contributed by atoms with Crippen molar-refractivity contribution in [3.8, 4) is 6.07 Å². The Morgan fingerprint density at radius 3 is 2.71 bits per heavy atom. The molecule has 21 heavy (non-hydrogen) atoms. The van der Waals surface area contributed by atoms with E-state index in [0.717, 1.165) is 0 Å². The lowest BCUT2D eigenvalue weighted by Gasteiger charge is -2.17. The summed E-state index contributed by atoms with van der Waals surface area (Å²) in [6, 6.07) is 7.25. The van der Waals surface area contributed by atoms with Gasteiger partial charge in [0.25, 0.3) is 0 Å². The number of nitrogens with zero attached hydrogens (tertiary/aromatic N) is 1. The van der Waals surface area contributed by atoms with Crippen LogP contribution in [0.2, 0.25) is 0 Å². The van der Waals surface area contributed by atoms with Crippen LogP contribution in [0.15, 0.2) is 29.2 Å². The van der Waals surface area contributed by atoms with E-state index in [0.29, 0.717) is 0 Å². The van der Waals surface area contributed by atoms with Crippen LogP contribution >= 0.6 is 0 Å². The second kappa shape index (κ2) is 5.36. The van der Waals surface area contributed by atoms with Crippen molar-refractivity contribution < 1.29 is 23.0 Å². The summed E-state index contributed by atoms with van der Waals surface area (Å²) >= 11 is 0. The first kappa shape index (κ1) is 14.4. The topological polar surface area (TPSA) is 109 Å². The molecule has 2 fully saturated rings. The molecule has 0 bridgehead atoms. The normalized spacial score (nSPS) is 31.8. The van der Waals surface area contributed by atoms with Crippen molar-refractivity contribution in [2.45, 2.75) is 29.2 Å². The molecular weight excluding hydrogens is 296 g/mol. The molecule has 112 valence electrons. The van der Waals surface area contributed by atoms with Crippen LogP contribution in [0.4, 0.5) is 0 Å². The fourth-order valence-corrected chi connectivity index (χ4v) is 4.02. The first-order chi connectivity index (χ1) is 10.0. The van der Waals surface area contributed by atoms with E-state index >= 15 is 0 Å². The number of aliphatic hydroxyl groups excluding tert-OH is 1. The van der Waals surface area contributed by atoms with Gasteiger partial charge in [0, 0.05) is 0 Å². The van der Waals surface area contributed by atoms with E-state index in [-0.39, 0.29) is 23.7 Å². The van der Waals surface area contributed by atoms with Crippen molar-refractivity contribution in [2.75, 3.05) is 13.2 Å². The Kier molecular flexibility index (Phi) is 3.69. The molecule has 0 spiro atoms. The smallest absolute Gasteiger partial charge is 0.242 e. The van der Waals surface area contributed by atoms with E-state index in [2.05, 4.69) is 4.72 Å². The number of nitriles is 1. The summed E-state index contributed by atoms with van der Waals surface area (Å²) in [6.45, 7) is 0.253. The van der Waals surface area contributed by atoms with Gasteiger partial charge in [0.05, 0.1) is 29.7 Å². The minimum Gasteiger partial charge on any atom is -0.388 e. The quantitative estimate of drug-likeness (QED) is 0.769. The zero-order valence-corrected chi connectivity index (χ0v) is 11.8. The Bertz CT molecular complexity index is 684. The third kappa shape index (κ3) is 2.54. The fourth-order valence-electron chi connectivity index (χ4n) is 2.64. The second-order valence-electron chi connectivity index (χ2n) is 5.00. The zero-order chi connectivity index (χ0) is 15.0. The van der Waals surface area contributed by atoms with Crippen molar-refractivity contribution in [3.63, 3.8) is 0 Å². The summed E-state index contributed by atoms with van der Waals surface area (Å²) in [4.78, 5) is -0.0745. The maximum atomic E-state index is 12.4. The Morgan fingerprint density at radius 2 is 1.95 bits per heavy atom. The number of sulfonamides is 1. The van der Waals surface area contributed by atoms with Crippen molar-refractivity contribution in [1.82, 2.24) is 4.72 Å². The minimum absolute atomic E-state index is 0.0745. The maximum Gasteiger partial charge on any atom is 0.242 e. The Labute approximate surface area is 122 Å². The summed E-state index contributed by atoms with van der Waals surface area (Å²) in [6.07, 6.45) is -1.76.